The van der Waals surface area contributed by atoms with Crippen molar-refractivity contribution < 1.29 is 4.79 Å². The van der Waals surface area contributed by atoms with Gasteiger partial charge >= 0.3 is 0 Å². The molecule has 3 aromatic rings. The molecule has 1 fully saturated rings. The van der Waals surface area contributed by atoms with Gasteiger partial charge in [0.2, 0.25) is 0 Å². The number of aromatic nitrogens is 2. The van der Waals surface area contributed by atoms with Gasteiger partial charge in [0, 0.05) is 23.5 Å². The zero-order chi connectivity index (χ0) is 19.5. The number of likely N-dealkylation sites (tertiary alicyclic amines) is 1. The van der Waals surface area contributed by atoms with Crippen molar-refractivity contribution in [2.24, 2.45) is 0 Å². The fourth-order valence-electron chi connectivity index (χ4n) is 3.78. The molecule has 1 amide bonds. The molecule has 2 N–H and O–H groups in total. The highest BCUT2D eigenvalue weighted by molar-refractivity contribution is 6.42. The van der Waals surface area contributed by atoms with Gasteiger partial charge < -0.3 is 5.32 Å². The summed E-state index contributed by atoms with van der Waals surface area (Å²) in [5.41, 5.74) is 2.80. The van der Waals surface area contributed by atoms with Crippen LogP contribution in [0.4, 0.5) is 0 Å². The van der Waals surface area contributed by atoms with E-state index in [4.69, 9.17) is 23.2 Å². The third-order valence-electron chi connectivity index (χ3n) is 5.31. The van der Waals surface area contributed by atoms with Crippen molar-refractivity contribution in [3.63, 3.8) is 0 Å². The number of rotatable bonds is 6. The van der Waals surface area contributed by atoms with Crippen LogP contribution in [0.25, 0.3) is 10.9 Å². The quantitative estimate of drug-likeness (QED) is 0.629. The van der Waals surface area contributed by atoms with Crippen molar-refractivity contribution in [1.82, 2.24) is 20.4 Å². The van der Waals surface area contributed by atoms with Gasteiger partial charge in [0.1, 0.15) is 0 Å². The van der Waals surface area contributed by atoms with Crippen LogP contribution in [0.2, 0.25) is 10.0 Å². The lowest BCUT2D eigenvalue weighted by Gasteiger charge is -2.28. The van der Waals surface area contributed by atoms with Crippen molar-refractivity contribution in [2.45, 2.75) is 25.3 Å². The van der Waals surface area contributed by atoms with E-state index in [0.29, 0.717) is 22.2 Å². The Morgan fingerprint density at radius 2 is 1.96 bits per heavy atom. The van der Waals surface area contributed by atoms with Crippen molar-refractivity contribution in [3.8, 4) is 0 Å². The first-order chi connectivity index (χ1) is 13.6. The molecule has 0 aliphatic carbocycles. The predicted molar refractivity (Wildman–Crippen MR) is 113 cm³/mol. The van der Waals surface area contributed by atoms with Gasteiger partial charge in [-0.3, -0.25) is 14.8 Å². The van der Waals surface area contributed by atoms with Crippen molar-refractivity contribution >= 4 is 40.0 Å². The van der Waals surface area contributed by atoms with Gasteiger partial charge in [-0.2, -0.15) is 5.10 Å². The molecule has 0 spiro atoms. The lowest BCUT2D eigenvalue weighted by Crippen LogP contribution is -2.44. The monoisotopic (exact) mass is 416 g/mol. The highest BCUT2D eigenvalue weighted by Gasteiger charge is 2.23. The van der Waals surface area contributed by atoms with Crippen LogP contribution in [0.15, 0.2) is 42.6 Å². The van der Waals surface area contributed by atoms with E-state index in [1.807, 2.05) is 6.20 Å². The summed E-state index contributed by atoms with van der Waals surface area (Å²) < 4.78 is 0. The predicted octanol–water partition coefficient (Wildman–Crippen LogP) is 4.31. The highest BCUT2D eigenvalue weighted by atomic mass is 35.5. The number of nitrogens with one attached hydrogen (secondary N) is 2. The Bertz CT molecular complexity index is 981. The summed E-state index contributed by atoms with van der Waals surface area (Å²) >= 11 is 12.0. The number of benzene rings is 2. The maximum Gasteiger partial charge on any atom is 0.251 e. The normalized spacial score (nSPS) is 15.8. The number of nitrogens with zero attached hydrogens (tertiary/aromatic N) is 2. The first-order valence-corrected chi connectivity index (χ1v) is 10.2. The Kier molecular flexibility index (Phi) is 5.85. The second kappa shape index (κ2) is 8.52. The minimum absolute atomic E-state index is 0.131. The summed E-state index contributed by atoms with van der Waals surface area (Å²) in [5, 5.41) is 12.1. The molecule has 4 rings (SSSR count). The van der Waals surface area contributed by atoms with E-state index in [0.717, 1.165) is 30.4 Å². The first kappa shape index (κ1) is 19.2. The number of hydrogen-bond acceptors (Lipinski definition) is 3. The highest BCUT2D eigenvalue weighted by Crippen LogP contribution is 2.23. The van der Waals surface area contributed by atoms with Crippen molar-refractivity contribution in [3.05, 3.63) is 63.8 Å². The molecule has 5 nitrogen and oxygen atoms in total. The second-order valence-corrected chi connectivity index (χ2v) is 8.05. The molecule has 1 saturated heterocycles. The average molecular weight is 417 g/mol. The van der Waals surface area contributed by atoms with Crippen LogP contribution in [-0.2, 0) is 6.42 Å². The van der Waals surface area contributed by atoms with Gasteiger partial charge in [-0.05, 0) is 68.2 Å². The zero-order valence-electron chi connectivity index (χ0n) is 15.4. The number of carbonyl (C=O) groups is 1. The smallest absolute Gasteiger partial charge is 0.251 e. The van der Waals surface area contributed by atoms with Gasteiger partial charge in [0.15, 0.2) is 0 Å². The Labute approximate surface area is 174 Å². The van der Waals surface area contributed by atoms with E-state index in [1.165, 1.54) is 18.4 Å². The molecule has 146 valence electrons. The topological polar surface area (TPSA) is 61.0 Å². The fourth-order valence-corrected chi connectivity index (χ4v) is 4.08. The van der Waals surface area contributed by atoms with E-state index in [-0.39, 0.29) is 11.9 Å². The van der Waals surface area contributed by atoms with Gasteiger partial charge in [-0.25, -0.2) is 0 Å². The van der Waals surface area contributed by atoms with E-state index in [9.17, 15) is 4.79 Å². The SMILES string of the molecule is O=C(NC[C@H](Cc1ccc2[nH]ncc2c1)N1CCCC1)c1ccc(Cl)c(Cl)c1. The molecule has 28 heavy (non-hydrogen) atoms. The molecular weight excluding hydrogens is 395 g/mol. The fraction of sp³-hybridized carbons (Fsp3) is 0.333. The van der Waals surface area contributed by atoms with Gasteiger partial charge in [0.25, 0.3) is 5.91 Å². The van der Waals surface area contributed by atoms with Gasteiger partial charge in [0.05, 0.1) is 21.8 Å². The van der Waals surface area contributed by atoms with Crippen LogP contribution < -0.4 is 5.32 Å². The number of carbonyl (C=O) groups excluding carboxylic acids is 1. The maximum atomic E-state index is 12.6. The molecule has 1 aliphatic heterocycles. The first-order valence-electron chi connectivity index (χ1n) is 9.49. The molecule has 7 heteroatoms. The number of aromatic amines is 1. The Morgan fingerprint density at radius 3 is 2.75 bits per heavy atom. The number of fused-ring (bicyclic) bond motifs is 1. The molecule has 2 heterocycles. The molecular formula is C21H22Cl2N4O. The largest absolute Gasteiger partial charge is 0.350 e. The summed E-state index contributed by atoms with van der Waals surface area (Å²) in [6, 6.07) is 11.6. The van der Waals surface area contributed by atoms with Crippen molar-refractivity contribution in [2.75, 3.05) is 19.6 Å². The second-order valence-electron chi connectivity index (χ2n) is 7.23. The lowest BCUT2D eigenvalue weighted by molar-refractivity contribution is 0.0937. The average Bonchev–Trinajstić information content (AvgIpc) is 3.38. The van der Waals surface area contributed by atoms with Crippen LogP contribution in [0, 0.1) is 0 Å². The molecule has 2 aromatic carbocycles. The van der Waals surface area contributed by atoms with Crippen molar-refractivity contribution in [1.29, 1.82) is 0 Å². The number of amides is 1. The van der Waals surface area contributed by atoms with Crippen LogP contribution in [0.1, 0.15) is 28.8 Å². The molecule has 0 saturated carbocycles. The lowest BCUT2D eigenvalue weighted by atomic mass is 10.0. The van der Waals surface area contributed by atoms with Gasteiger partial charge in [-0.15, -0.1) is 0 Å². The van der Waals surface area contributed by atoms with Crippen LogP contribution >= 0.6 is 23.2 Å². The van der Waals surface area contributed by atoms with Crippen LogP contribution in [0.3, 0.4) is 0 Å². The number of hydrogen-bond donors (Lipinski definition) is 2. The molecule has 1 atom stereocenters. The molecule has 0 radical (unpaired) electrons. The standard InChI is InChI=1S/C21H22Cl2N4O/c22-18-5-4-15(11-19(18)23)21(28)24-13-17(27-7-1-2-8-27)10-14-3-6-20-16(9-14)12-25-26-20/h3-6,9,11-12,17H,1-2,7-8,10,13H2,(H,24,28)(H,25,26)/t17-/m0/s1. The number of halogens is 2. The zero-order valence-corrected chi connectivity index (χ0v) is 16.9. The Morgan fingerprint density at radius 1 is 1.14 bits per heavy atom. The summed E-state index contributed by atoms with van der Waals surface area (Å²) in [4.78, 5) is 15.0. The third-order valence-corrected chi connectivity index (χ3v) is 6.05. The molecule has 0 unspecified atom stereocenters. The van der Waals surface area contributed by atoms with E-state index >= 15 is 0 Å². The minimum Gasteiger partial charge on any atom is -0.350 e. The van der Waals surface area contributed by atoms with Crippen LogP contribution in [0.5, 0.6) is 0 Å². The molecule has 0 bridgehead atoms. The summed E-state index contributed by atoms with van der Waals surface area (Å²) in [6.07, 6.45) is 5.13. The summed E-state index contributed by atoms with van der Waals surface area (Å²) in [6.45, 7) is 2.73. The Hall–Kier alpha value is -2.08. The van der Waals surface area contributed by atoms with E-state index < -0.39 is 0 Å². The molecule has 1 aliphatic rings. The third kappa shape index (κ3) is 4.32. The van der Waals surface area contributed by atoms with Gasteiger partial charge in [-0.1, -0.05) is 29.3 Å². The van der Waals surface area contributed by atoms with Crippen LogP contribution in [-0.4, -0.2) is 46.7 Å². The molecule has 1 aromatic heterocycles. The summed E-state index contributed by atoms with van der Waals surface area (Å²) in [7, 11) is 0. The minimum atomic E-state index is -0.131. The van der Waals surface area contributed by atoms with E-state index in [1.54, 1.807) is 18.2 Å². The van der Waals surface area contributed by atoms with E-state index in [2.05, 4.69) is 38.6 Å². The maximum absolute atomic E-state index is 12.6. The number of H-pyrrole nitrogens is 1. The summed E-state index contributed by atoms with van der Waals surface area (Å²) in [5.74, 6) is -0.131. The Balaban J connectivity index is 1.46.